The van der Waals surface area contributed by atoms with Crippen molar-refractivity contribution in [1.29, 1.82) is 5.26 Å². The van der Waals surface area contributed by atoms with Gasteiger partial charge in [0.15, 0.2) is 0 Å². The van der Waals surface area contributed by atoms with Crippen molar-refractivity contribution < 1.29 is 9.84 Å². The fourth-order valence-electron chi connectivity index (χ4n) is 2.46. The number of aliphatic hydroxyl groups is 1. The lowest BCUT2D eigenvalue weighted by molar-refractivity contribution is 0.0320. The molecule has 1 aromatic rings. The summed E-state index contributed by atoms with van der Waals surface area (Å²) in [4.78, 5) is 4.64. The average Bonchev–Trinajstić information content (AvgIpc) is 2.54. The minimum Gasteiger partial charge on any atom is -0.395 e. The van der Waals surface area contributed by atoms with Gasteiger partial charge in [-0.1, -0.05) is 12.1 Å². The number of hydrogen-bond acceptors (Lipinski definition) is 5. The summed E-state index contributed by atoms with van der Waals surface area (Å²) < 4.78 is 5.35. The van der Waals surface area contributed by atoms with Crippen LogP contribution in [0.3, 0.4) is 0 Å². The number of rotatable bonds is 7. The van der Waals surface area contributed by atoms with Crippen LogP contribution in [0.1, 0.15) is 11.1 Å². The second-order valence-corrected chi connectivity index (χ2v) is 5.26. The maximum absolute atomic E-state index is 9.22. The van der Waals surface area contributed by atoms with E-state index in [1.807, 2.05) is 24.3 Å². The summed E-state index contributed by atoms with van der Waals surface area (Å²) in [6.07, 6.45) is 0. The zero-order valence-electron chi connectivity index (χ0n) is 12.4. The lowest BCUT2D eigenvalue weighted by Gasteiger charge is -2.29. The minimum absolute atomic E-state index is 0.166. The van der Waals surface area contributed by atoms with Crippen molar-refractivity contribution in [3.63, 3.8) is 0 Å². The maximum Gasteiger partial charge on any atom is 0.0991 e. The third-order valence-electron chi connectivity index (χ3n) is 3.74. The molecular formula is C16H23N3O2. The molecule has 0 amide bonds. The number of hydrogen-bond donors (Lipinski definition) is 1. The van der Waals surface area contributed by atoms with E-state index >= 15 is 0 Å². The second-order valence-electron chi connectivity index (χ2n) is 5.26. The van der Waals surface area contributed by atoms with Crippen LogP contribution in [0.2, 0.25) is 0 Å². The third kappa shape index (κ3) is 5.44. The Hall–Kier alpha value is -1.45. The Kier molecular flexibility index (Phi) is 6.64. The highest BCUT2D eigenvalue weighted by Crippen LogP contribution is 2.07. The molecule has 0 saturated carbocycles. The molecule has 1 saturated heterocycles. The Morgan fingerprint density at radius 1 is 1.19 bits per heavy atom. The van der Waals surface area contributed by atoms with E-state index < -0.39 is 0 Å². The zero-order chi connectivity index (χ0) is 14.9. The molecule has 1 N–H and O–H groups in total. The standard InChI is InChI=1S/C16H23N3O2/c17-13-15-1-3-16(4-2-15)14-19(7-10-20)6-5-18-8-11-21-12-9-18/h1-4,20H,5-12,14H2. The van der Waals surface area contributed by atoms with Crippen molar-refractivity contribution in [2.75, 3.05) is 52.5 Å². The van der Waals surface area contributed by atoms with E-state index in [2.05, 4.69) is 15.9 Å². The van der Waals surface area contributed by atoms with Gasteiger partial charge in [0.25, 0.3) is 0 Å². The fourth-order valence-corrected chi connectivity index (χ4v) is 2.46. The van der Waals surface area contributed by atoms with E-state index in [-0.39, 0.29) is 6.61 Å². The summed E-state index contributed by atoms with van der Waals surface area (Å²) in [6.45, 7) is 7.18. The second kappa shape index (κ2) is 8.75. The number of benzene rings is 1. The Balaban J connectivity index is 1.83. The molecule has 0 radical (unpaired) electrons. The lowest BCUT2D eigenvalue weighted by atomic mass is 10.1. The molecular weight excluding hydrogens is 266 g/mol. The first kappa shape index (κ1) is 15.9. The minimum atomic E-state index is 0.166. The first-order chi connectivity index (χ1) is 10.3. The van der Waals surface area contributed by atoms with Crippen LogP contribution in [-0.4, -0.2) is 67.5 Å². The van der Waals surface area contributed by atoms with E-state index in [0.29, 0.717) is 12.1 Å². The first-order valence-electron chi connectivity index (χ1n) is 7.44. The van der Waals surface area contributed by atoms with Crippen LogP contribution >= 0.6 is 0 Å². The Morgan fingerprint density at radius 3 is 2.52 bits per heavy atom. The van der Waals surface area contributed by atoms with E-state index in [1.165, 1.54) is 5.56 Å². The van der Waals surface area contributed by atoms with Crippen molar-refractivity contribution in [3.05, 3.63) is 35.4 Å². The van der Waals surface area contributed by atoms with E-state index in [0.717, 1.165) is 45.9 Å². The monoisotopic (exact) mass is 289 g/mol. The molecule has 21 heavy (non-hydrogen) atoms. The Bertz CT molecular complexity index is 450. The van der Waals surface area contributed by atoms with Crippen molar-refractivity contribution in [2.24, 2.45) is 0 Å². The topological polar surface area (TPSA) is 59.7 Å². The van der Waals surface area contributed by atoms with E-state index in [4.69, 9.17) is 10.00 Å². The highest BCUT2D eigenvalue weighted by atomic mass is 16.5. The van der Waals surface area contributed by atoms with Crippen molar-refractivity contribution in [1.82, 2.24) is 9.80 Å². The molecule has 0 spiro atoms. The summed E-state index contributed by atoms with van der Waals surface area (Å²) in [5.41, 5.74) is 1.85. The van der Waals surface area contributed by atoms with Crippen LogP contribution in [0.15, 0.2) is 24.3 Å². The summed E-state index contributed by atoms with van der Waals surface area (Å²) in [5.74, 6) is 0. The van der Waals surface area contributed by atoms with Gasteiger partial charge in [-0.05, 0) is 17.7 Å². The quantitative estimate of drug-likeness (QED) is 0.800. The summed E-state index contributed by atoms with van der Waals surface area (Å²) in [5, 5.41) is 18.0. The summed E-state index contributed by atoms with van der Waals surface area (Å²) in [7, 11) is 0. The molecule has 1 aliphatic heterocycles. The fraction of sp³-hybridized carbons (Fsp3) is 0.562. The number of ether oxygens (including phenoxy) is 1. The predicted molar refractivity (Wildman–Crippen MR) is 80.8 cm³/mol. The molecule has 1 aromatic carbocycles. The van der Waals surface area contributed by atoms with E-state index in [9.17, 15) is 5.11 Å². The highest BCUT2D eigenvalue weighted by molar-refractivity contribution is 5.31. The van der Waals surface area contributed by atoms with Crippen molar-refractivity contribution >= 4 is 0 Å². The summed E-state index contributed by atoms with van der Waals surface area (Å²) >= 11 is 0. The molecule has 1 heterocycles. The van der Waals surface area contributed by atoms with E-state index in [1.54, 1.807) is 0 Å². The molecule has 5 nitrogen and oxygen atoms in total. The van der Waals surface area contributed by atoms with Gasteiger partial charge in [0.2, 0.25) is 0 Å². The molecule has 0 bridgehead atoms. The maximum atomic E-state index is 9.22. The van der Waals surface area contributed by atoms with Crippen LogP contribution in [0.4, 0.5) is 0 Å². The van der Waals surface area contributed by atoms with Gasteiger partial charge >= 0.3 is 0 Å². The molecule has 114 valence electrons. The average molecular weight is 289 g/mol. The van der Waals surface area contributed by atoms with Gasteiger partial charge in [-0.25, -0.2) is 0 Å². The largest absolute Gasteiger partial charge is 0.395 e. The summed E-state index contributed by atoms with van der Waals surface area (Å²) in [6, 6.07) is 9.78. The van der Waals surface area contributed by atoms with Gasteiger partial charge in [-0.2, -0.15) is 5.26 Å². The highest BCUT2D eigenvalue weighted by Gasteiger charge is 2.12. The molecule has 0 unspecified atom stereocenters. The van der Waals surface area contributed by atoms with Crippen molar-refractivity contribution in [3.8, 4) is 6.07 Å². The van der Waals surface area contributed by atoms with Crippen molar-refractivity contribution in [2.45, 2.75) is 6.54 Å². The molecule has 2 rings (SSSR count). The van der Waals surface area contributed by atoms with Crippen LogP contribution in [0.25, 0.3) is 0 Å². The molecule has 1 fully saturated rings. The van der Waals surface area contributed by atoms with Gasteiger partial charge in [0.1, 0.15) is 0 Å². The first-order valence-corrected chi connectivity index (χ1v) is 7.44. The third-order valence-corrected chi connectivity index (χ3v) is 3.74. The molecule has 0 aromatic heterocycles. The lowest BCUT2D eigenvalue weighted by Crippen LogP contribution is -2.41. The Labute approximate surface area is 126 Å². The molecule has 1 aliphatic rings. The van der Waals surface area contributed by atoms with Gasteiger partial charge < -0.3 is 9.84 Å². The smallest absolute Gasteiger partial charge is 0.0991 e. The number of morpholine rings is 1. The molecule has 0 atom stereocenters. The number of aliphatic hydroxyl groups excluding tert-OH is 1. The van der Waals surface area contributed by atoms with Crippen LogP contribution in [-0.2, 0) is 11.3 Å². The normalized spacial score (nSPS) is 16.0. The van der Waals surface area contributed by atoms with Crippen LogP contribution in [0, 0.1) is 11.3 Å². The van der Waals surface area contributed by atoms with Crippen LogP contribution in [0.5, 0.6) is 0 Å². The van der Waals surface area contributed by atoms with Gasteiger partial charge in [-0.15, -0.1) is 0 Å². The zero-order valence-corrected chi connectivity index (χ0v) is 12.4. The molecule has 5 heteroatoms. The predicted octanol–water partition coefficient (Wildman–Crippen LogP) is 0.685. The van der Waals surface area contributed by atoms with Gasteiger partial charge in [-0.3, -0.25) is 9.80 Å². The van der Waals surface area contributed by atoms with Gasteiger partial charge in [0, 0.05) is 39.3 Å². The van der Waals surface area contributed by atoms with Gasteiger partial charge in [0.05, 0.1) is 31.5 Å². The number of nitriles is 1. The Morgan fingerprint density at radius 2 is 1.90 bits per heavy atom. The SMILES string of the molecule is N#Cc1ccc(CN(CCO)CCN2CCOCC2)cc1. The van der Waals surface area contributed by atoms with Crippen LogP contribution < -0.4 is 0 Å². The molecule has 0 aliphatic carbocycles. The number of nitrogens with zero attached hydrogens (tertiary/aromatic N) is 3.